The lowest BCUT2D eigenvalue weighted by Gasteiger charge is -2.17. The SMILES string of the molecule is CC(C)c1ccc(C(N)=O)c(O)c1-c1ccc(CN)cc1. The molecule has 4 heteroatoms. The number of nitrogens with two attached hydrogens (primary N) is 2. The molecule has 0 aliphatic rings. The molecule has 5 N–H and O–H groups in total. The third-order valence-electron chi connectivity index (χ3n) is 3.58. The first kappa shape index (κ1) is 15.1. The van der Waals surface area contributed by atoms with Crippen molar-refractivity contribution in [2.24, 2.45) is 11.5 Å². The lowest BCUT2D eigenvalue weighted by atomic mass is 9.89. The number of rotatable bonds is 4. The predicted octanol–water partition coefficient (Wildman–Crippen LogP) is 2.74. The van der Waals surface area contributed by atoms with Crippen LogP contribution in [0.25, 0.3) is 11.1 Å². The molecule has 21 heavy (non-hydrogen) atoms. The minimum atomic E-state index is -0.636. The Labute approximate surface area is 124 Å². The number of hydrogen-bond donors (Lipinski definition) is 3. The van der Waals surface area contributed by atoms with Gasteiger partial charge >= 0.3 is 0 Å². The summed E-state index contributed by atoms with van der Waals surface area (Å²) in [5.41, 5.74) is 14.5. The summed E-state index contributed by atoms with van der Waals surface area (Å²) in [4.78, 5) is 11.4. The molecule has 0 aliphatic heterocycles. The molecule has 4 nitrogen and oxygen atoms in total. The van der Waals surface area contributed by atoms with Crippen LogP contribution in [0.15, 0.2) is 36.4 Å². The number of amides is 1. The zero-order valence-corrected chi connectivity index (χ0v) is 12.3. The van der Waals surface area contributed by atoms with Gasteiger partial charge in [-0.25, -0.2) is 0 Å². The van der Waals surface area contributed by atoms with Crippen molar-refractivity contribution < 1.29 is 9.90 Å². The first-order chi connectivity index (χ1) is 9.95. The van der Waals surface area contributed by atoms with Crippen molar-refractivity contribution in [3.05, 3.63) is 53.1 Å². The largest absolute Gasteiger partial charge is 0.506 e. The Morgan fingerprint density at radius 1 is 1.14 bits per heavy atom. The monoisotopic (exact) mass is 284 g/mol. The number of carbonyl (C=O) groups is 1. The van der Waals surface area contributed by atoms with Crippen LogP contribution in [0.5, 0.6) is 5.75 Å². The molecule has 0 saturated heterocycles. The molecule has 0 atom stereocenters. The van der Waals surface area contributed by atoms with E-state index in [1.165, 1.54) is 0 Å². The maximum atomic E-state index is 11.4. The molecule has 2 aromatic carbocycles. The number of hydrogen-bond acceptors (Lipinski definition) is 3. The zero-order valence-electron chi connectivity index (χ0n) is 12.3. The molecular weight excluding hydrogens is 264 g/mol. The quantitative estimate of drug-likeness (QED) is 0.806. The third kappa shape index (κ3) is 2.90. The second-order valence-corrected chi connectivity index (χ2v) is 5.35. The third-order valence-corrected chi connectivity index (χ3v) is 3.58. The van der Waals surface area contributed by atoms with E-state index in [2.05, 4.69) is 0 Å². The van der Waals surface area contributed by atoms with E-state index >= 15 is 0 Å². The van der Waals surface area contributed by atoms with Crippen LogP contribution in [0.3, 0.4) is 0 Å². The minimum Gasteiger partial charge on any atom is -0.506 e. The number of carbonyl (C=O) groups excluding carboxylic acids is 1. The van der Waals surface area contributed by atoms with Crippen molar-refractivity contribution in [1.29, 1.82) is 0 Å². The van der Waals surface area contributed by atoms with Crippen molar-refractivity contribution >= 4 is 5.91 Å². The molecule has 0 unspecified atom stereocenters. The normalized spacial score (nSPS) is 10.9. The highest BCUT2D eigenvalue weighted by Gasteiger charge is 2.18. The van der Waals surface area contributed by atoms with E-state index in [4.69, 9.17) is 11.5 Å². The highest BCUT2D eigenvalue weighted by Crippen LogP contribution is 2.38. The average molecular weight is 284 g/mol. The second kappa shape index (κ2) is 5.97. The number of phenols is 1. The summed E-state index contributed by atoms with van der Waals surface area (Å²) in [6.07, 6.45) is 0. The minimum absolute atomic E-state index is 0.0609. The van der Waals surface area contributed by atoms with Gasteiger partial charge in [-0.2, -0.15) is 0 Å². The summed E-state index contributed by atoms with van der Waals surface area (Å²) in [6, 6.07) is 11.0. The van der Waals surface area contributed by atoms with Crippen molar-refractivity contribution in [2.75, 3.05) is 0 Å². The first-order valence-electron chi connectivity index (χ1n) is 6.90. The highest BCUT2D eigenvalue weighted by atomic mass is 16.3. The maximum absolute atomic E-state index is 11.4. The fraction of sp³-hybridized carbons (Fsp3) is 0.235. The van der Waals surface area contributed by atoms with Gasteiger partial charge in [0, 0.05) is 12.1 Å². The van der Waals surface area contributed by atoms with E-state index in [0.717, 1.165) is 16.7 Å². The lowest BCUT2D eigenvalue weighted by Crippen LogP contribution is -2.12. The summed E-state index contributed by atoms with van der Waals surface area (Å²) in [6.45, 7) is 4.54. The zero-order chi connectivity index (χ0) is 15.6. The van der Waals surface area contributed by atoms with Crippen molar-refractivity contribution in [2.45, 2.75) is 26.3 Å². The van der Waals surface area contributed by atoms with Crippen LogP contribution in [0.1, 0.15) is 41.3 Å². The Hall–Kier alpha value is -2.33. The molecule has 0 saturated carbocycles. The molecule has 2 rings (SSSR count). The number of primary amides is 1. The molecule has 0 fully saturated rings. The average Bonchev–Trinajstić information content (AvgIpc) is 2.46. The molecule has 110 valence electrons. The predicted molar refractivity (Wildman–Crippen MR) is 84.0 cm³/mol. The van der Waals surface area contributed by atoms with E-state index in [0.29, 0.717) is 12.1 Å². The van der Waals surface area contributed by atoms with Crippen molar-refractivity contribution in [3.8, 4) is 16.9 Å². The molecule has 2 aromatic rings. The molecule has 0 aromatic heterocycles. The summed E-state index contributed by atoms with van der Waals surface area (Å²) in [5.74, 6) is -0.487. The van der Waals surface area contributed by atoms with Crippen LogP contribution in [-0.4, -0.2) is 11.0 Å². The summed E-state index contributed by atoms with van der Waals surface area (Å²) < 4.78 is 0. The van der Waals surface area contributed by atoms with Gasteiger partial charge in [-0.3, -0.25) is 4.79 Å². The molecule has 1 amide bonds. The van der Waals surface area contributed by atoms with Crippen LogP contribution in [0, 0.1) is 0 Å². The Morgan fingerprint density at radius 3 is 2.24 bits per heavy atom. The van der Waals surface area contributed by atoms with Gasteiger partial charge in [-0.1, -0.05) is 44.2 Å². The summed E-state index contributed by atoms with van der Waals surface area (Å²) >= 11 is 0. The van der Waals surface area contributed by atoms with Crippen molar-refractivity contribution in [3.63, 3.8) is 0 Å². The molecule has 0 spiro atoms. The first-order valence-corrected chi connectivity index (χ1v) is 6.90. The van der Waals surface area contributed by atoms with E-state index < -0.39 is 5.91 Å². The molecule has 0 heterocycles. The molecule has 0 aliphatic carbocycles. The van der Waals surface area contributed by atoms with E-state index in [1.807, 2.05) is 44.2 Å². The summed E-state index contributed by atoms with van der Waals surface area (Å²) in [5, 5.41) is 10.4. The van der Waals surface area contributed by atoms with Crippen LogP contribution in [-0.2, 0) is 6.54 Å². The van der Waals surface area contributed by atoms with Gasteiger partial charge in [0.05, 0.1) is 5.56 Å². The van der Waals surface area contributed by atoms with Crippen LogP contribution in [0.4, 0.5) is 0 Å². The fourth-order valence-corrected chi connectivity index (χ4v) is 2.40. The van der Waals surface area contributed by atoms with Crippen LogP contribution >= 0.6 is 0 Å². The van der Waals surface area contributed by atoms with E-state index in [-0.39, 0.29) is 17.2 Å². The van der Waals surface area contributed by atoms with Gasteiger partial charge in [0.15, 0.2) is 0 Å². The topological polar surface area (TPSA) is 89.3 Å². The Bertz CT molecular complexity index is 661. The smallest absolute Gasteiger partial charge is 0.252 e. The van der Waals surface area contributed by atoms with E-state index in [1.54, 1.807) is 6.07 Å². The standard InChI is InChI=1S/C17H20N2O2/c1-10(2)13-7-8-14(17(19)21)16(20)15(13)12-5-3-11(9-18)4-6-12/h3-8,10,20H,9,18H2,1-2H3,(H2,19,21). The highest BCUT2D eigenvalue weighted by molar-refractivity contribution is 5.98. The molecule has 0 radical (unpaired) electrons. The van der Waals surface area contributed by atoms with E-state index in [9.17, 15) is 9.90 Å². The van der Waals surface area contributed by atoms with Crippen LogP contribution < -0.4 is 11.5 Å². The Balaban J connectivity index is 2.68. The summed E-state index contributed by atoms with van der Waals surface area (Å²) in [7, 11) is 0. The lowest BCUT2D eigenvalue weighted by molar-refractivity contribution is 0.0998. The van der Waals surface area contributed by atoms with Gasteiger partial charge in [0.25, 0.3) is 5.91 Å². The van der Waals surface area contributed by atoms with Crippen LogP contribution in [0.2, 0.25) is 0 Å². The van der Waals surface area contributed by atoms with Gasteiger partial charge in [-0.05, 0) is 28.7 Å². The van der Waals surface area contributed by atoms with Gasteiger partial charge in [0.1, 0.15) is 5.75 Å². The molecule has 0 bridgehead atoms. The fourth-order valence-electron chi connectivity index (χ4n) is 2.40. The number of benzene rings is 2. The van der Waals surface area contributed by atoms with Gasteiger partial charge in [-0.15, -0.1) is 0 Å². The Morgan fingerprint density at radius 2 is 1.76 bits per heavy atom. The Kier molecular flexibility index (Phi) is 4.29. The molecular formula is C17H20N2O2. The van der Waals surface area contributed by atoms with Gasteiger partial charge in [0.2, 0.25) is 0 Å². The maximum Gasteiger partial charge on any atom is 0.252 e. The second-order valence-electron chi connectivity index (χ2n) is 5.35. The number of aromatic hydroxyl groups is 1. The van der Waals surface area contributed by atoms with Gasteiger partial charge < -0.3 is 16.6 Å². The van der Waals surface area contributed by atoms with Crippen molar-refractivity contribution in [1.82, 2.24) is 0 Å².